The van der Waals surface area contributed by atoms with Gasteiger partial charge in [-0.3, -0.25) is 4.79 Å². The Bertz CT molecular complexity index is 847. The largest absolute Gasteiger partial charge is 0.861 e. The average Bonchev–Trinajstić information content (AvgIpc) is 2.41. The van der Waals surface area contributed by atoms with Crippen LogP contribution in [0.2, 0.25) is 0 Å². The Hall–Kier alpha value is -1.14. The minimum Gasteiger partial charge on any atom is -0.861 e. The van der Waals surface area contributed by atoms with Gasteiger partial charge in [-0.05, 0) is 67.6 Å². The molecule has 4 rings (SSSR count). The third-order valence-electron chi connectivity index (χ3n) is 5.69. The number of amides is 1. The van der Waals surface area contributed by atoms with Crippen molar-refractivity contribution in [3.8, 4) is 0 Å². The Morgan fingerprint density at radius 3 is 1.96 bits per heavy atom. The fourth-order valence-corrected chi connectivity index (χ4v) is 7.31. The first-order chi connectivity index (χ1) is 12.2. The average molecular weight is 426 g/mol. The number of rotatable bonds is 6. The molecule has 0 aromatic heterocycles. The van der Waals surface area contributed by atoms with Gasteiger partial charge in [0.25, 0.3) is 5.91 Å². The van der Waals surface area contributed by atoms with Crippen molar-refractivity contribution in [3.05, 3.63) is 4.13 Å². The lowest BCUT2D eigenvalue weighted by Crippen LogP contribution is -2.53. The van der Waals surface area contributed by atoms with Crippen LogP contribution in [0.15, 0.2) is 4.99 Å². The van der Waals surface area contributed by atoms with Crippen LogP contribution >= 0.6 is 0 Å². The van der Waals surface area contributed by atoms with Gasteiger partial charge in [-0.1, -0.05) is 0 Å². The molecule has 0 N–H and O–H groups in total. The van der Waals surface area contributed by atoms with E-state index in [2.05, 4.69) is 9.12 Å². The summed E-state index contributed by atoms with van der Waals surface area (Å²) in [5.74, 6) is -1.23. The van der Waals surface area contributed by atoms with Crippen molar-refractivity contribution in [1.82, 2.24) is 0 Å². The standard InChI is InChI=1S/C15H21F2N2O6S2/c1-26(22,23)19-27(24,25)15(16,17)8-12(20)18-13(21)14-5-9-2-10(6-14)4-11(3-9)7-14/h9-11H,2-8H2,1H3,(H,18,20,21)/q-1/p-1. The van der Waals surface area contributed by atoms with Crippen LogP contribution in [0.3, 0.4) is 0 Å². The predicted octanol–water partition coefficient (Wildman–Crippen LogP) is 1.13. The van der Waals surface area contributed by atoms with Crippen molar-refractivity contribution in [1.29, 1.82) is 0 Å². The van der Waals surface area contributed by atoms with Crippen LogP contribution in [-0.4, -0.2) is 40.2 Å². The minimum absolute atomic E-state index is 0.337. The summed E-state index contributed by atoms with van der Waals surface area (Å²) in [4.78, 5) is 15.1. The minimum atomic E-state index is -5.78. The van der Waals surface area contributed by atoms with Crippen molar-refractivity contribution in [3.63, 3.8) is 0 Å². The third kappa shape index (κ3) is 4.16. The summed E-state index contributed by atoms with van der Waals surface area (Å²) < 4.78 is 74.5. The molecule has 4 bridgehead atoms. The van der Waals surface area contributed by atoms with Crippen molar-refractivity contribution < 1.29 is 35.5 Å². The van der Waals surface area contributed by atoms with Gasteiger partial charge in [0.15, 0.2) is 0 Å². The first kappa shape index (κ1) is 20.6. The molecule has 0 saturated heterocycles. The molecule has 0 heterocycles. The maximum atomic E-state index is 13.9. The van der Waals surface area contributed by atoms with Crippen LogP contribution in [0.5, 0.6) is 0 Å². The van der Waals surface area contributed by atoms with Crippen LogP contribution in [-0.2, 0) is 24.8 Å². The molecule has 8 nitrogen and oxygen atoms in total. The molecule has 4 fully saturated rings. The number of nitrogens with zero attached hydrogens (tertiary/aromatic N) is 2. The van der Waals surface area contributed by atoms with Gasteiger partial charge in [-0.15, -0.1) is 0 Å². The van der Waals surface area contributed by atoms with Crippen molar-refractivity contribution in [2.24, 2.45) is 28.2 Å². The van der Waals surface area contributed by atoms with E-state index < -0.39 is 48.9 Å². The van der Waals surface area contributed by atoms with Crippen molar-refractivity contribution in [2.75, 3.05) is 6.26 Å². The molecule has 0 atom stereocenters. The number of sulfonamides is 2. The zero-order valence-electron chi connectivity index (χ0n) is 14.6. The Labute approximate surface area is 156 Å². The van der Waals surface area contributed by atoms with Gasteiger partial charge < -0.3 is 9.23 Å². The van der Waals surface area contributed by atoms with E-state index in [0.29, 0.717) is 43.3 Å². The van der Waals surface area contributed by atoms with Gasteiger partial charge in [0.2, 0.25) is 0 Å². The number of halogens is 2. The molecule has 4 aliphatic carbocycles. The summed E-state index contributed by atoms with van der Waals surface area (Å²) in [5, 5.41) is 7.80. The Balaban J connectivity index is 1.75. The highest BCUT2D eigenvalue weighted by atomic mass is 32.3. The summed E-state index contributed by atoms with van der Waals surface area (Å²) in [5.41, 5.74) is -0.810. The number of hydrogen-bond acceptors (Lipinski definition) is 6. The first-order valence-corrected chi connectivity index (χ1v) is 11.9. The molecule has 0 aliphatic heterocycles. The molecular formula is C15H20F2N2O6S2-2. The number of carbonyl (C=O) groups is 1. The normalized spacial score (nSPS) is 34.0. The van der Waals surface area contributed by atoms with Crippen LogP contribution in [0, 0.1) is 23.2 Å². The summed E-state index contributed by atoms with van der Waals surface area (Å²) in [7, 11) is -10.4. The van der Waals surface area contributed by atoms with Crippen molar-refractivity contribution >= 4 is 31.9 Å². The van der Waals surface area contributed by atoms with E-state index in [1.165, 1.54) is 0 Å². The highest BCUT2D eigenvalue weighted by molar-refractivity contribution is 8.12. The zero-order valence-corrected chi connectivity index (χ0v) is 16.2. The van der Waals surface area contributed by atoms with E-state index in [4.69, 9.17) is 0 Å². The fourth-order valence-electron chi connectivity index (χ4n) is 5.14. The number of alkyl halides is 2. The maximum absolute atomic E-state index is 13.9. The van der Waals surface area contributed by atoms with Gasteiger partial charge in [-0.2, -0.15) is 8.78 Å². The van der Waals surface area contributed by atoms with Gasteiger partial charge in [-0.25, -0.2) is 21.8 Å². The highest BCUT2D eigenvalue weighted by Crippen LogP contribution is 2.60. The van der Waals surface area contributed by atoms with Crippen LogP contribution in [0.1, 0.15) is 44.9 Å². The van der Waals surface area contributed by atoms with E-state index in [0.717, 1.165) is 19.3 Å². The summed E-state index contributed by atoms with van der Waals surface area (Å²) in [6.07, 6.45) is 3.24. The molecule has 27 heavy (non-hydrogen) atoms. The lowest BCUT2D eigenvalue weighted by molar-refractivity contribution is -0.241. The Kier molecular flexibility index (Phi) is 4.92. The van der Waals surface area contributed by atoms with Crippen LogP contribution < -0.4 is 5.11 Å². The second-order valence-electron chi connectivity index (χ2n) is 8.11. The van der Waals surface area contributed by atoms with E-state index in [9.17, 15) is 35.5 Å². The SMILES string of the molecule is CS(=O)(=O)[N-]S(=O)(=O)C(F)(F)CC(=O)N=C([O-])C12CC3CC(CC(C3)C1)C2. The molecule has 0 radical (unpaired) electrons. The molecule has 12 heteroatoms. The van der Waals surface area contributed by atoms with E-state index in [-0.39, 0.29) is 0 Å². The monoisotopic (exact) mass is 426 g/mol. The highest BCUT2D eigenvalue weighted by Gasteiger charge is 2.51. The summed E-state index contributed by atoms with van der Waals surface area (Å²) >= 11 is 0. The van der Waals surface area contributed by atoms with E-state index in [1.54, 1.807) is 0 Å². The van der Waals surface area contributed by atoms with Gasteiger partial charge >= 0.3 is 5.25 Å². The van der Waals surface area contributed by atoms with Crippen LogP contribution in [0.25, 0.3) is 4.13 Å². The maximum Gasteiger partial charge on any atom is 0.338 e. The molecule has 0 aromatic carbocycles. The predicted molar refractivity (Wildman–Crippen MR) is 89.7 cm³/mol. The molecule has 1 amide bonds. The second-order valence-corrected chi connectivity index (χ2v) is 11.7. The van der Waals surface area contributed by atoms with E-state index >= 15 is 0 Å². The molecule has 4 saturated carbocycles. The van der Waals surface area contributed by atoms with Gasteiger partial charge in [0.1, 0.15) is 16.4 Å². The fraction of sp³-hybridized carbons (Fsp3) is 0.867. The number of hydrogen-bond donors (Lipinski definition) is 0. The molecule has 154 valence electrons. The molecule has 0 spiro atoms. The van der Waals surface area contributed by atoms with Crippen molar-refractivity contribution in [2.45, 2.75) is 50.2 Å². The number of carbonyl (C=O) groups excluding carboxylic acids is 1. The third-order valence-corrected chi connectivity index (χ3v) is 8.45. The molecular weight excluding hydrogens is 406 g/mol. The smallest absolute Gasteiger partial charge is 0.338 e. The lowest BCUT2D eigenvalue weighted by atomic mass is 9.49. The Morgan fingerprint density at radius 2 is 1.56 bits per heavy atom. The summed E-state index contributed by atoms with van der Waals surface area (Å²) in [6.45, 7) is 0. The zero-order chi connectivity index (χ0) is 20.3. The quantitative estimate of drug-likeness (QED) is 0.461. The van der Waals surface area contributed by atoms with Gasteiger partial charge in [0, 0.05) is 6.26 Å². The number of aliphatic imine (C=N–C) groups is 1. The molecule has 0 unspecified atom stereocenters. The molecule has 0 aromatic rings. The summed E-state index contributed by atoms with van der Waals surface area (Å²) in [6, 6.07) is 0. The lowest BCUT2D eigenvalue weighted by Gasteiger charge is -2.58. The van der Waals surface area contributed by atoms with Crippen LogP contribution in [0.4, 0.5) is 8.78 Å². The first-order valence-electron chi connectivity index (χ1n) is 8.57. The topological polar surface area (TPSA) is 135 Å². The van der Waals surface area contributed by atoms with Gasteiger partial charge in [0.05, 0.1) is 10.0 Å². The van der Waals surface area contributed by atoms with E-state index in [1.807, 2.05) is 0 Å². The Morgan fingerprint density at radius 1 is 1.11 bits per heavy atom. The molecule has 4 aliphatic rings. The second kappa shape index (κ2) is 6.45.